The third-order valence-electron chi connectivity index (χ3n) is 6.39. The third-order valence-corrected chi connectivity index (χ3v) is 7.71. The van der Waals surface area contributed by atoms with Crippen LogP contribution in [0.3, 0.4) is 0 Å². The molecule has 0 aromatic heterocycles. The predicted molar refractivity (Wildman–Crippen MR) is 93.1 cm³/mol. The number of esters is 1. The van der Waals surface area contributed by atoms with Crippen molar-refractivity contribution in [2.45, 2.75) is 36.7 Å². The Hall–Kier alpha value is -2.00. The van der Waals surface area contributed by atoms with Crippen LogP contribution in [0.5, 0.6) is 0 Å². The fourth-order valence-corrected chi connectivity index (χ4v) is 6.62. The Morgan fingerprint density at radius 1 is 1.11 bits per heavy atom. The Morgan fingerprint density at radius 2 is 1.78 bits per heavy atom. The molecule has 9 heteroatoms. The Balaban J connectivity index is 1.59. The average Bonchev–Trinajstić information content (AvgIpc) is 2.64. The minimum atomic E-state index is -4.08. The smallest absolute Gasteiger partial charge is 0.309 e. The van der Waals surface area contributed by atoms with Gasteiger partial charge >= 0.3 is 5.97 Å². The highest BCUT2D eigenvalue weighted by Crippen LogP contribution is 2.58. The van der Waals surface area contributed by atoms with Crippen molar-refractivity contribution in [1.82, 2.24) is 0 Å². The summed E-state index contributed by atoms with van der Waals surface area (Å²) >= 11 is 0. The van der Waals surface area contributed by atoms with E-state index in [1.807, 2.05) is 0 Å². The largest absolute Gasteiger partial charge is 0.469 e. The zero-order valence-corrected chi connectivity index (χ0v) is 15.6. The molecule has 8 nitrogen and oxygen atoms in total. The van der Waals surface area contributed by atoms with Crippen LogP contribution in [-0.2, 0) is 23.8 Å². The lowest BCUT2D eigenvalue weighted by molar-refractivity contribution is -0.384. The van der Waals surface area contributed by atoms with Gasteiger partial charge in [0.2, 0.25) is 0 Å². The van der Waals surface area contributed by atoms with Crippen molar-refractivity contribution in [3.8, 4) is 0 Å². The van der Waals surface area contributed by atoms with E-state index in [-0.39, 0.29) is 40.2 Å². The molecule has 6 atom stereocenters. The number of nitrogens with zero attached hydrogens (tertiary/aromatic N) is 1. The summed E-state index contributed by atoms with van der Waals surface area (Å²) < 4.78 is 36.1. The number of non-ortho nitro benzene ring substituents is 1. The summed E-state index contributed by atoms with van der Waals surface area (Å²) in [6.07, 6.45) is 2.90. The molecular formula is C18H21NO7S. The van der Waals surface area contributed by atoms with E-state index >= 15 is 0 Å². The number of nitro groups is 1. The Labute approximate surface area is 157 Å². The highest BCUT2D eigenvalue weighted by molar-refractivity contribution is 7.86. The number of ether oxygens (including phenoxy) is 1. The van der Waals surface area contributed by atoms with Crippen LogP contribution in [0.1, 0.15) is 25.7 Å². The molecule has 1 aromatic carbocycles. The van der Waals surface area contributed by atoms with E-state index in [0.717, 1.165) is 37.8 Å². The van der Waals surface area contributed by atoms with Crippen LogP contribution in [0.2, 0.25) is 0 Å². The first-order valence-corrected chi connectivity index (χ1v) is 10.5. The molecule has 0 radical (unpaired) electrons. The van der Waals surface area contributed by atoms with E-state index in [9.17, 15) is 23.3 Å². The quantitative estimate of drug-likeness (QED) is 0.326. The Morgan fingerprint density at radius 3 is 2.41 bits per heavy atom. The Bertz CT molecular complexity index is 866. The molecule has 4 aliphatic carbocycles. The maximum atomic E-state index is 12.7. The fourth-order valence-electron chi connectivity index (χ4n) is 5.45. The van der Waals surface area contributed by atoms with Gasteiger partial charge in [-0.25, -0.2) is 0 Å². The predicted octanol–water partition coefficient (Wildman–Crippen LogP) is 2.52. The number of nitro benzene ring substituents is 1. The van der Waals surface area contributed by atoms with Crippen molar-refractivity contribution < 1.29 is 27.1 Å². The van der Waals surface area contributed by atoms with Crippen molar-refractivity contribution in [2.24, 2.45) is 29.6 Å². The molecule has 146 valence electrons. The SMILES string of the molecule is COC(=O)[C@H]1[C@H]2C[C@@H]3C[C@@H](C2)[C@H](OS(=O)(=O)c2ccc([N+](=O)[O-])cc2)[C@@H]1C3. The van der Waals surface area contributed by atoms with Gasteiger partial charge in [-0.3, -0.25) is 19.1 Å². The molecule has 0 unspecified atom stereocenters. The van der Waals surface area contributed by atoms with Crippen molar-refractivity contribution in [2.75, 3.05) is 7.11 Å². The van der Waals surface area contributed by atoms with Crippen LogP contribution in [0.15, 0.2) is 29.2 Å². The number of carbonyl (C=O) groups excluding carboxylic acids is 1. The number of methoxy groups -OCH3 is 1. The zero-order valence-electron chi connectivity index (χ0n) is 14.8. The van der Waals surface area contributed by atoms with E-state index < -0.39 is 21.1 Å². The number of rotatable bonds is 5. The van der Waals surface area contributed by atoms with Crippen LogP contribution in [-0.4, -0.2) is 32.5 Å². The normalized spacial score (nSPS) is 34.4. The molecule has 0 aliphatic heterocycles. The minimum Gasteiger partial charge on any atom is -0.469 e. The van der Waals surface area contributed by atoms with Crippen molar-refractivity contribution in [3.63, 3.8) is 0 Å². The molecule has 4 saturated carbocycles. The number of benzene rings is 1. The first kappa shape index (κ1) is 18.4. The summed E-state index contributed by atoms with van der Waals surface area (Å²) in [4.78, 5) is 22.3. The number of carbonyl (C=O) groups is 1. The van der Waals surface area contributed by atoms with Crippen LogP contribution in [0.25, 0.3) is 0 Å². The van der Waals surface area contributed by atoms with Gasteiger partial charge in [0, 0.05) is 18.1 Å². The summed E-state index contributed by atoms with van der Waals surface area (Å²) in [5.41, 5.74) is -0.186. The van der Waals surface area contributed by atoms with Crippen LogP contribution < -0.4 is 0 Å². The van der Waals surface area contributed by atoms with Gasteiger partial charge in [0.05, 0.1) is 29.0 Å². The molecule has 4 aliphatic rings. The van der Waals surface area contributed by atoms with Crippen molar-refractivity contribution in [3.05, 3.63) is 34.4 Å². The lowest BCUT2D eigenvalue weighted by atomic mass is 9.50. The van der Waals surface area contributed by atoms with E-state index in [4.69, 9.17) is 8.92 Å². The zero-order chi connectivity index (χ0) is 19.3. The molecule has 0 N–H and O–H groups in total. The highest BCUT2D eigenvalue weighted by Gasteiger charge is 2.57. The van der Waals surface area contributed by atoms with Gasteiger partial charge in [-0.1, -0.05) is 0 Å². The average molecular weight is 395 g/mol. The van der Waals surface area contributed by atoms with E-state index in [0.29, 0.717) is 5.92 Å². The maximum Gasteiger partial charge on any atom is 0.309 e. The fraction of sp³-hybridized carbons (Fsp3) is 0.611. The second-order valence-electron chi connectivity index (χ2n) is 7.81. The maximum absolute atomic E-state index is 12.7. The Kier molecular flexibility index (Phi) is 4.46. The second-order valence-corrected chi connectivity index (χ2v) is 9.38. The summed E-state index contributed by atoms with van der Waals surface area (Å²) in [5, 5.41) is 10.8. The molecule has 1 aromatic rings. The highest BCUT2D eigenvalue weighted by atomic mass is 32.2. The van der Waals surface area contributed by atoms with Crippen molar-refractivity contribution >= 4 is 21.8 Å². The van der Waals surface area contributed by atoms with Crippen LogP contribution >= 0.6 is 0 Å². The van der Waals surface area contributed by atoms with Gasteiger partial charge in [0.15, 0.2) is 0 Å². The van der Waals surface area contributed by atoms with Crippen LogP contribution in [0, 0.1) is 39.7 Å². The monoisotopic (exact) mass is 395 g/mol. The molecule has 4 bridgehead atoms. The summed E-state index contributed by atoms with van der Waals surface area (Å²) in [6.45, 7) is 0. The van der Waals surface area contributed by atoms with Gasteiger partial charge < -0.3 is 4.74 Å². The molecular weight excluding hydrogens is 374 g/mol. The first-order chi connectivity index (χ1) is 12.8. The van der Waals surface area contributed by atoms with E-state index in [2.05, 4.69) is 0 Å². The summed E-state index contributed by atoms with van der Waals surface area (Å²) in [5.74, 6) is 0.0937. The van der Waals surface area contributed by atoms with Gasteiger partial charge in [0.1, 0.15) is 0 Å². The third kappa shape index (κ3) is 3.12. The molecule has 0 heterocycles. The molecule has 27 heavy (non-hydrogen) atoms. The number of hydrogen-bond donors (Lipinski definition) is 0. The van der Waals surface area contributed by atoms with E-state index in [1.54, 1.807) is 0 Å². The lowest BCUT2D eigenvalue weighted by Gasteiger charge is -2.56. The standard InChI is InChI=1S/C18H21NO7S/c1-25-18(20)16-11-6-10-7-12(9-11)17(15(16)8-10)26-27(23,24)14-4-2-13(3-5-14)19(21)22/h2-5,10-12,15-17H,6-9H2,1H3/t10-,11+,12+,15-,16+,17+/m1/s1. The van der Waals surface area contributed by atoms with Gasteiger partial charge in [-0.05, 0) is 55.6 Å². The first-order valence-electron chi connectivity index (χ1n) is 9.05. The van der Waals surface area contributed by atoms with Gasteiger partial charge in [-0.15, -0.1) is 0 Å². The lowest BCUT2D eigenvalue weighted by Crippen LogP contribution is -2.57. The summed E-state index contributed by atoms with van der Waals surface area (Å²) in [7, 11) is -2.72. The van der Waals surface area contributed by atoms with Crippen LogP contribution in [0.4, 0.5) is 5.69 Å². The van der Waals surface area contributed by atoms with Crippen molar-refractivity contribution in [1.29, 1.82) is 0 Å². The molecule has 0 spiro atoms. The van der Waals surface area contributed by atoms with E-state index in [1.165, 1.54) is 19.2 Å². The molecule has 5 rings (SSSR count). The number of hydrogen-bond acceptors (Lipinski definition) is 7. The minimum absolute atomic E-state index is 0.112. The van der Waals surface area contributed by atoms with Gasteiger partial charge in [0.25, 0.3) is 15.8 Å². The van der Waals surface area contributed by atoms with Gasteiger partial charge in [-0.2, -0.15) is 8.42 Å². The molecule has 4 fully saturated rings. The molecule has 0 amide bonds. The molecule has 0 saturated heterocycles. The second kappa shape index (κ2) is 6.56. The topological polar surface area (TPSA) is 113 Å². The summed E-state index contributed by atoms with van der Waals surface area (Å²) in [6, 6.07) is 4.65.